The summed E-state index contributed by atoms with van der Waals surface area (Å²) in [6, 6.07) is 15.8. The molecule has 2 N–H and O–H groups in total. The molecule has 0 atom stereocenters. The quantitative estimate of drug-likeness (QED) is 0.391. The Morgan fingerprint density at radius 2 is 1.97 bits per heavy atom. The van der Waals surface area contributed by atoms with E-state index in [0.717, 1.165) is 5.56 Å². The lowest BCUT2D eigenvalue weighted by Gasteiger charge is -2.13. The van der Waals surface area contributed by atoms with Crippen LogP contribution in [0.5, 0.6) is 6.01 Å². The lowest BCUT2D eigenvalue weighted by molar-refractivity contribution is 0.0473. The van der Waals surface area contributed by atoms with Crippen molar-refractivity contribution >= 4 is 40.0 Å². The normalized spacial score (nSPS) is 10.6. The van der Waals surface area contributed by atoms with Gasteiger partial charge in [-0.25, -0.2) is 9.78 Å². The molecule has 2 aromatic carbocycles. The zero-order chi connectivity index (χ0) is 23.4. The van der Waals surface area contributed by atoms with Crippen molar-refractivity contribution in [3.05, 3.63) is 99.4 Å². The molecule has 166 valence electrons. The molecular formula is C24H19ClN4O4. The molecule has 0 fully saturated rings. The van der Waals surface area contributed by atoms with Crippen molar-refractivity contribution in [1.82, 2.24) is 15.0 Å². The second kappa shape index (κ2) is 9.54. The van der Waals surface area contributed by atoms with Gasteiger partial charge in [0, 0.05) is 17.3 Å². The molecule has 9 heteroatoms. The maximum absolute atomic E-state index is 12.6. The number of esters is 1. The Morgan fingerprint density at radius 1 is 1.18 bits per heavy atom. The number of fused-ring (bicyclic) bond motifs is 1. The van der Waals surface area contributed by atoms with Crippen LogP contribution in [0.25, 0.3) is 16.7 Å². The summed E-state index contributed by atoms with van der Waals surface area (Å²) in [7, 11) is 1.44. The van der Waals surface area contributed by atoms with Crippen molar-refractivity contribution in [2.45, 2.75) is 6.61 Å². The van der Waals surface area contributed by atoms with Crippen molar-refractivity contribution in [1.29, 1.82) is 0 Å². The number of nitrogens with zero attached hydrogens (tertiary/aromatic N) is 2. The van der Waals surface area contributed by atoms with E-state index < -0.39 is 11.5 Å². The van der Waals surface area contributed by atoms with Crippen molar-refractivity contribution in [2.75, 3.05) is 12.4 Å². The largest absolute Gasteiger partial charge is 0.467 e. The Hall–Kier alpha value is -4.17. The highest BCUT2D eigenvalue weighted by Gasteiger charge is 2.14. The van der Waals surface area contributed by atoms with Crippen LogP contribution in [0.4, 0.5) is 5.69 Å². The zero-order valence-electron chi connectivity index (χ0n) is 17.6. The third-order valence-electron chi connectivity index (χ3n) is 4.78. The van der Waals surface area contributed by atoms with E-state index in [9.17, 15) is 9.59 Å². The minimum absolute atomic E-state index is 0.144. The van der Waals surface area contributed by atoms with Crippen LogP contribution in [0, 0.1) is 0 Å². The molecule has 0 aliphatic rings. The Balaban J connectivity index is 1.53. The van der Waals surface area contributed by atoms with Gasteiger partial charge in [0.15, 0.2) is 0 Å². The second-order valence-corrected chi connectivity index (χ2v) is 7.44. The number of rotatable bonds is 7. The molecule has 4 aromatic rings. The van der Waals surface area contributed by atoms with Crippen LogP contribution in [0.1, 0.15) is 21.5 Å². The maximum Gasteiger partial charge on any atom is 0.338 e. The van der Waals surface area contributed by atoms with E-state index in [-0.39, 0.29) is 23.9 Å². The number of halogens is 1. The van der Waals surface area contributed by atoms with Gasteiger partial charge in [0.2, 0.25) is 0 Å². The predicted molar refractivity (Wildman–Crippen MR) is 126 cm³/mol. The summed E-state index contributed by atoms with van der Waals surface area (Å²) in [6.45, 7) is 4.09. The molecule has 0 saturated carbocycles. The molecule has 0 spiro atoms. The molecule has 33 heavy (non-hydrogen) atoms. The fourth-order valence-corrected chi connectivity index (χ4v) is 3.25. The summed E-state index contributed by atoms with van der Waals surface area (Å²) in [5, 5.41) is 3.95. The average molecular weight is 463 g/mol. The van der Waals surface area contributed by atoms with Crippen molar-refractivity contribution in [3.63, 3.8) is 0 Å². The Kier molecular flexibility index (Phi) is 6.37. The van der Waals surface area contributed by atoms with Crippen LogP contribution in [-0.4, -0.2) is 28.0 Å². The highest BCUT2D eigenvalue weighted by atomic mass is 35.5. The van der Waals surface area contributed by atoms with Crippen molar-refractivity contribution in [3.8, 4) is 6.01 Å². The first-order chi connectivity index (χ1) is 15.9. The van der Waals surface area contributed by atoms with Gasteiger partial charge in [0.05, 0.1) is 28.9 Å². The summed E-state index contributed by atoms with van der Waals surface area (Å²) in [5.41, 5.74) is 2.07. The number of aromatic amines is 1. The summed E-state index contributed by atoms with van der Waals surface area (Å²) >= 11 is 6.30. The van der Waals surface area contributed by atoms with E-state index in [2.05, 4.69) is 26.8 Å². The minimum atomic E-state index is -0.501. The van der Waals surface area contributed by atoms with Crippen molar-refractivity contribution in [2.24, 2.45) is 0 Å². The number of methoxy groups -OCH3 is 1. The number of carbonyl (C=O) groups is 1. The smallest absolute Gasteiger partial charge is 0.338 e. The number of benzene rings is 2. The third kappa shape index (κ3) is 5.02. The van der Waals surface area contributed by atoms with E-state index in [0.29, 0.717) is 27.3 Å². The summed E-state index contributed by atoms with van der Waals surface area (Å²) in [6.07, 6.45) is 1.53. The zero-order valence-corrected chi connectivity index (χ0v) is 18.3. The van der Waals surface area contributed by atoms with E-state index >= 15 is 0 Å². The number of anilines is 1. The molecule has 2 aromatic heterocycles. The highest BCUT2D eigenvalue weighted by molar-refractivity contribution is 6.33. The van der Waals surface area contributed by atoms with Crippen LogP contribution in [0.3, 0.4) is 0 Å². The number of H-pyrrole nitrogens is 1. The number of aromatic nitrogens is 3. The fraction of sp³-hybridized carbons (Fsp3) is 0.0833. The molecular weight excluding hydrogens is 444 g/mol. The number of hydrogen-bond donors (Lipinski definition) is 2. The minimum Gasteiger partial charge on any atom is -0.467 e. The molecule has 0 aliphatic heterocycles. The number of ether oxygens (including phenoxy) is 2. The SMILES string of the molecule is C=C(Nc1cc(C(=O)OCc2ccccc2)ccc1Cl)c1cc2cnc(OC)nc2[nH]c1=O. The fourth-order valence-electron chi connectivity index (χ4n) is 3.08. The van der Waals surface area contributed by atoms with Gasteiger partial charge in [0.1, 0.15) is 12.3 Å². The van der Waals surface area contributed by atoms with Gasteiger partial charge < -0.3 is 19.8 Å². The van der Waals surface area contributed by atoms with E-state index in [1.165, 1.54) is 13.3 Å². The first kappa shape index (κ1) is 22.0. The molecule has 0 amide bonds. The molecule has 0 bridgehead atoms. The maximum atomic E-state index is 12.6. The Bertz CT molecular complexity index is 1400. The summed E-state index contributed by atoms with van der Waals surface area (Å²) < 4.78 is 10.4. The molecule has 4 rings (SSSR count). The number of carbonyl (C=O) groups excluding carboxylic acids is 1. The standard InChI is InChI=1S/C24H19ClN4O4/c1-14(18-10-17-12-26-24(32-2)29-21(17)28-22(18)30)27-20-11-16(8-9-19(20)25)23(31)33-13-15-6-4-3-5-7-15/h3-12,27H,1,13H2,2H3,(H,26,28,29,30). The Morgan fingerprint density at radius 3 is 2.73 bits per heavy atom. The highest BCUT2D eigenvalue weighted by Crippen LogP contribution is 2.27. The summed E-state index contributed by atoms with van der Waals surface area (Å²) in [5.74, 6) is -0.501. The Labute approximate surface area is 193 Å². The number of pyridine rings is 1. The number of hydrogen-bond acceptors (Lipinski definition) is 7. The molecule has 0 radical (unpaired) electrons. The third-order valence-corrected chi connectivity index (χ3v) is 5.11. The predicted octanol–water partition coefficient (Wildman–Crippen LogP) is 4.42. The first-order valence-electron chi connectivity index (χ1n) is 9.85. The number of nitrogens with one attached hydrogen (secondary N) is 2. The van der Waals surface area contributed by atoms with Gasteiger partial charge in [-0.3, -0.25) is 4.79 Å². The lowest BCUT2D eigenvalue weighted by atomic mass is 10.1. The molecule has 0 unspecified atom stereocenters. The monoisotopic (exact) mass is 462 g/mol. The van der Waals surface area contributed by atoms with Crippen LogP contribution >= 0.6 is 11.6 Å². The van der Waals surface area contributed by atoms with Gasteiger partial charge in [-0.05, 0) is 29.8 Å². The molecule has 8 nitrogen and oxygen atoms in total. The van der Waals surface area contributed by atoms with Gasteiger partial charge in [-0.1, -0.05) is 48.5 Å². The van der Waals surface area contributed by atoms with Gasteiger partial charge in [-0.2, -0.15) is 4.98 Å². The van der Waals surface area contributed by atoms with E-state index in [1.807, 2.05) is 30.3 Å². The molecule has 0 saturated heterocycles. The topological polar surface area (TPSA) is 106 Å². The molecule has 0 aliphatic carbocycles. The van der Waals surface area contributed by atoms with Gasteiger partial charge in [-0.15, -0.1) is 0 Å². The van der Waals surface area contributed by atoms with E-state index in [1.54, 1.807) is 24.3 Å². The average Bonchev–Trinajstić information content (AvgIpc) is 2.83. The van der Waals surface area contributed by atoms with E-state index in [4.69, 9.17) is 21.1 Å². The lowest BCUT2D eigenvalue weighted by Crippen LogP contribution is -2.15. The van der Waals surface area contributed by atoms with Crippen molar-refractivity contribution < 1.29 is 14.3 Å². The van der Waals surface area contributed by atoms with Crippen LogP contribution in [-0.2, 0) is 11.3 Å². The molecule has 2 heterocycles. The van der Waals surface area contributed by atoms with Crippen LogP contribution < -0.4 is 15.6 Å². The van der Waals surface area contributed by atoms with Gasteiger partial charge in [0.25, 0.3) is 5.56 Å². The second-order valence-electron chi connectivity index (χ2n) is 7.03. The first-order valence-corrected chi connectivity index (χ1v) is 10.2. The summed E-state index contributed by atoms with van der Waals surface area (Å²) in [4.78, 5) is 35.9. The van der Waals surface area contributed by atoms with Crippen LogP contribution in [0.2, 0.25) is 5.02 Å². The van der Waals surface area contributed by atoms with Gasteiger partial charge >= 0.3 is 12.0 Å². The van der Waals surface area contributed by atoms with Crippen LogP contribution in [0.15, 0.2) is 72.2 Å².